The van der Waals surface area contributed by atoms with Gasteiger partial charge in [0, 0.05) is 18.4 Å². The summed E-state index contributed by atoms with van der Waals surface area (Å²) in [6.07, 6.45) is 0. The molecular formula is C8H9NOS2. The van der Waals surface area contributed by atoms with Crippen LogP contribution in [-0.2, 0) is 7.05 Å². The minimum atomic E-state index is 0.201. The van der Waals surface area contributed by atoms with Crippen LogP contribution in [0.2, 0.25) is 0 Å². The molecule has 0 aromatic carbocycles. The van der Waals surface area contributed by atoms with Gasteiger partial charge in [0.25, 0.3) is 4.06 Å². The predicted molar refractivity (Wildman–Crippen MR) is 54.4 cm³/mol. The van der Waals surface area contributed by atoms with E-state index in [9.17, 15) is 4.79 Å². The van der Waals surface area contributed by atoms with E-state index in [-0.39, 0.29) is 4.06 Å². The van der Waals surface area contributed by atoms with Gasteiger partial charge in [0.15, 0.2) is 0 Å². The zero-order valence-corrected chi connectivity index (χ0v) is 8.80. The quantitative estimate of drug-likeness (QED) is 0.638. The number of hydrogen-bond acceptors (Lipinski definition) is 3. The zero-order valence-electron chi connectivity index (χ0n) is 7.17. The first-order valence-electron chi connectivity index (χ1n) is 3.67. The summed E-state index contributed by atoms with van der Waals surface area (Å²) >= 11 is 2.71. The smallest absolute Gasteiger partial charge is 0.288 e. The molecule has 2 heterocycles. The van der Waals surface area contributed by atoms with Crippen molar-refractivity contribution in [3.63, 3.8) is 0 Å². The van der Waals surface area contributed by atoms with E-state index in [1.165, 1.54) is 34.1 Å². The van der Waals surface area contributed by atoms with Crippen molar-refractivity contribution in [2.24, 2.45) is 7.05 Å². The van der Waals surface area contributed by atoms with Gasteiger partial charge in [-0.1, -0.05) is 22.7 Å². The molecule has 0 spiro atoms. The monoisotopic (exact) mass is 199 g/mol. The second-order valence-electron chi connectivity index (χ2n) is 2.84. The van der Waals surface area contributed by atoms with E-state index in [1.807, 2.05) is 7.05 Å². The second kappa shape index (κ2) is 2.44. The van der Waals surface area contributed by atoms with Crippen molar-refractivity contribution in [2.45, 2.75) is 13.8 Å². The predicted octanol–water partition coefficient (Wildman–Crippen LogP) is 2.28. The molecule has 0 radical (unpaired) electrons. The third kappa shape index (κ3) is 0.881. The van der Waals surface area contributed by atoms with Crippen LogP contribution in [0.4, 0.5) is 0 Å². The van der Waals surface area contributed by atoms with Crippen molar-refractivity contribution in [3.05, 3.63) is 20.2 Å². The Morgan fingerprint density at radius 3 is 1.92 bits per heavy atom. The van der Waals surface area contributed by atoms with Crippen molar-refractivity contribution in [3.8, 4) is 0 Å². The fraction of sp³-hybridized carbons (Fsp3) is 0.375. The van der Waals surface area contributed by atoms with Gasteiger partial charge in [-0.25, -0.2) is 0 Å². The van der Waals surface area contributed by atoms with Gasteiger partial charge < -0.3 is 4.57 Å². The number of hydrogen-bond donors (Lipinski definition) is 0. The zero-order chi connectivity index (χ0) is 8.88. The molecule has 4 heteroatoms. The van der Waals surface area contributed by atoms with E-state index in [1.54, 1.807) is 0 Å². The van der Waals surface area contributed by atoms with Crippen molar-refractivity contribution < 1.29 is 0 Å². The molecule has 0 fully saturated rings. The van der Waals surface area contributed by atoms with Crippen molar-refractivity contribution in [1.82, 2.24) is 4.57 Å². The molecule has 0 amide bonds. The molecule has 0 aliphatic heterocycles. The lowest BCUT2D eigenvalue weighted by molar-refractivity contribution is 0.852. The molecule has 0 atom stereocenters. The molecule has 2 aromatic heterocycles. The van der Waals surface area contributed by atoms with E-state index in [0.29, 0.717) is 0 Å². The van der Waals surface area contributed by atoms with Gasteiger partial charge in [-0.15, -0.1) is 0 Å². The topological polar surface area (TPSA) is 22.0 Å². The summed E-state index contributed by atoms with van der Waals surface area (Å²) < 4.78 is 4.65. The molecule has 0 N–H and O–H groups in total. The van der Waals surface area contributed by atoms with E-state index in [0.717, 1.165) is 9.40 Å². The Labute approximate surface area is 78.1 Å². The number of rotatable bonds is 0. The van der Waals surface area contributed by atoms with Gasteiger partial charge in [-0.3, -0.25) is 4.79 Å². The minimum absolute atomic E-state index is 0.201. The Kier molecular flexibility index (Phi) is 1.63. The number of aryl methyl sites for hydroxylation is 2. The number of aromatic nitrogens is 1. The average Bonchev–Trinajstić information content (AvgIpc) is 2.49. The molecule has 12 heavy (non-hydrogen) atoms. The maximum Gasteiger partial charge on any atom is 0.288 e. The first-order chi connectivity index (χ1) is 5.61. The maximum absolute atomic E-state index is 11.1. The van der Waals surface area contributed by atoms with Gasteiger partial charge in [0.05, 0.1) is 9.40 Å². The Balaban J connectivity index is 3.04. The molecule has 0 unspecified atom stereocenters. The van der Waals surface area contributed by atoms with E-state index in [2.05, 4.69) is 18.4 Å². The van der Waals surface area contributed by atoms with Crippen LogP contribution in [0.1, 0.15) is 11.4 Å². The lowest BCUT2D eigenvalue weighted by Gasteiger charge is -1.97. The maximum atomic E-state index is 11.1. The third-order valence-electron chi connectivity index (χ3n) is 2.24. The highest BCUT2D eigenvalue weighted by Gasteiger charge is 2.11. The first-order valence-corrected chi connectivity index (χ1v) is 5.30. The fourth-order valence-electron chi connectivity index (χ4n) is 1.31. The van der Waals surface area contributed by atoms with Gasteiger partial charge in [-0.05, 0) is 13.8 Å². The Bertz CT molecular complexity index is 448. The highest BCUT2D eigenvalue weighted by atomic mass is 32.2. The van der Waals surface area contributed by atoms with E-state index >= 15 is 0 Å². The summed E-state index contributed by atoms with van der Waals surface area (Å²) in [6.45, 7) is 4.11. The molecule has 0 saturated heterocycles. The lowest BCUT2D eigenvalue weighted by atomic mass is 10.4. The third-order valence-corrected chi connectivity index (χ3v) is 4.61. The normalized spacial score (nSPS) is 11.2. The average molecular weight is 199 g/mol. The Morgan fingerprint density at radius 1 is 1.08 bits per heavy atom. The molecule has 0 aliphatic carbocycles. The summed E-state index contributed by atoms with van der Waals surface area (Å²) in [4.78, 5) is 11.1. The van der Waals surface area contributed by atoms with Crippen LogP contribution < -0.4 is 4.06 Å². The highest BCUT2D eigenvalue weighted by Crippen LogP contribution is 2.29. The van der Waals surface area contributed by atoms with Crippen LogP contribution in [0.3, 0.4) is 0 Å². The largest absolute Gasteiger partial charge is 0.349 e. The molecule has 0 bridgehead atoms. The molecule has 64 valence electrons. The van der Waals surface area contributed by atoms with Gasteiger partial charge in [0.2, 0.25) is 0 Å². The Hall–Kier alpha value is -0.610. The van der Waals surface area contributed by atoms with Crippen LogP contribution in [-0.4, -0.2) is 4.57 Å². The first kappa shape index (κ1) is 8.01. The molecule has 2 aromatic rings. The summed E-state index contributed by atoms with van der Waals surface area (Å²) in [6, 6.07) is 0. The van der Waals surface area contributed by atoms with E-state index < -0.39 is 0 Å². The summed E-state index contributed by atoms with van der Waals surface area (Å²) in [5.74, 6) is 0. The van der Waals surface area contributed by atoms with E-state index in [4.69, 9.17) is 0 Å². The highest BCUT2D eigenvalue weighted by molar-refractivity contribution is 7.35. The minimum Gasteiger partial charge on any atom is -0.349 e. The second-order valence-corrected chi connectivity index (χ2v) is 5.07. The molecule has 0 saturated carbocycles. The molecule has 0 aliphatic rings. The molecule has 2 nitrogen and oxygen atoms in total. The fourth-order valence-corrected chi connectivity index (χ4v) is 3.61. The number of nitrogens with zero attached hydrogens (tertiary/aromatic N) is 1. The van der Waals surface area contributed by atoms with Crippen molar-refractivity contribution in [1.29, 1.82) is 0 Å². The van der Waals surface area contributed by atoms with Gasteiger partial charge in [0.1, 0.15) is 0 Å². The van der Waals surface area contributed by atoms with Crippen LogP contribution >= 0.6 is 22.7 Å². The summed E-state index contributed by atoms with van der Waals surface area (Å²) in [5, 5.41) is 0. The number of fused-ring (bicyclic) bond motifs is 1. The molecular weight excluding hydrogens is 190 g/mol. The molecule has 2 rings (SSSR count). The standard InChI is InChI=1S/C8H9NOS2/c1-4-6-7(5(2)9(4)3)12-8(10)11-6/h1-3H3. The SMILES string of the molecule is Cc1c2sc(=O)sc2c(C)n1C. The summed E-state index contributed by atoms with van der Waals surface area (Å²) in [7, 11) is 2.04. The van der Waals surface area contributed by atoms with Crippen molar-refractivity contribution in [2.75, 3.05) is 0 Å². The van der Waals surface area contributed by atoms with Crippen LogP contribution in [0.5, 0.6) is 0 Å². The van der Waals surface area contributed by atoms with Gasteiger partial charge in [-0.2, -0.15) is 0 Å². The van der Waals surface area contributed by atoms with Crippen LogP contribution in [0.25, 0.3) is 9.40 Å². The van der Waals surface area contributed by atoms with Crippen molar-refractivity contribution >= 4 is 32.1 Å². The van der Waals surface area contributed by atoms with Gasteiger partial charge >= 0.3 is 0 Å². The lowest BCUT2D eigenvalue weighted by Crippen LogP contribution is -1.92. The van der Waals surface area contributed by atoms with Crippen LogP contribution in [0.15, 0.2) is 4.79 Å². The summed E-state index contributed by atoms with van der Waals surface area (Å²) in [5.41, 5.74) is 2.40. The Morgan fingerprint density at radius 2 is 1.50 bits per heavy atom. The van der Waals surface area contributed by atoms with Crippen LogP contribution in [0, 0.1) is 13.8 Å².